The van der Waals surface area contributed by atoms with Gasteiger partial charge in [0, 0.05) is 35.6 Å². The Bertz CT molecular complexity index is 1400. The standard InChI is InChI=1S/C22H22FN9O2/c1-12-4-18(31-30-12)29-16-6-19(32-20-14(9-28-32)5-13(7-24)8-26-20)25-10-15(16)21(33)27-11-17(23)22(2,3)34/h4-6,8-10,17,34H,11H2,1-3H3,(H,27,33)(H2,25,29,30,31). The molecule has 4 rings (SSSR count). The number of alkyl halides is 1. The molecule has 34 heavy (non-hydrogen) atoms. The summed E-state index contributed by atoms with van der Waals surface area (Å²) in [6.07, 6.45) is 2.67. The fourth-order valence-electron chi connectivity index (χ4n) is 3.14. The molecular weight excluding hydrogens is 441 g/mol. The van der Waals surface area contributed by atoms with Gasteiger partial charge < -0.3 is 15.7 Å². The van der Waals surface area contributed by atoms with Crippen molar-refractivity contribution in [1.29, 1.82) is 5.26 Å². The minimum atomic E-state index is -1.66. The SMILES string of the molecule is Cc1cc(Nc2cc(-n3ncc4cc(C#N)cnc43)ncc2C(=O)NCC(F)C(C)(C)O)n[nH]1. The van der Waals surface area contributed by atoms with Crippen LogP contribution in [-0.4, -0.2) is 59.3 Å². The lowest BCUT2D eigenvalue weighted by Crippen LogP contribution is -2.42. The van der Waals surface area contributed by atoms with E-state index in [2.05, 4.69) is 35.9 Å². The Morgan fingerprint density at radius 3 is 2.76 bits per heavy atom. The number of hydrogen-bond acceptors (Lipinski definition) is 8. The van der Waals surface area contributed by atoms with Gasteiger partial charge in [-0.25, -0.2) is 14.4 Å². The molecular formula is C22H22FN9O2. The highest BCUT2D eigenvalue weighted by Gasteiger charge is 2.27. The number of aryl methyl sites for hydroxylation is 1. The summed E-state index contributed by atoms with van der Waals surface area (Å²) in [7, 11) is 0. The molecule has 0 aliphatic carbocycles. The Morgan fingerprint density at radius 2 is 2.09 bits per heavy atom. The second kappa shape index (κ2) is 8.87. The molecule has 12 heteroatoms. The maximum atomic E-state index is 14.1. The number of aromatic amines is 1. The maximum absolute atomic E-state index is 14.1. The Kier molecular flexibility index (Phi) is 5.95. The van der Waals surface area contributed by atoms with Crippen LogP contribution in [0.3, 0.4) is 0 Å². The number of aliphatic hydroxyl groups is 1. The number of nitrogens with zero attached hydrogens (tertiary/aromatic N) is 6. The van der Waals surface area contributed by atoms with Crippen LogP contribution in [0.2, 0.25) is 0 Å². The molecule has 1 unspecified atom stereocenters. The van der Waals surface area contributed by atoms with E-state index in [0.717, 1.165) is 5.69 Å². The topological polar surface area (TPSA) is 157 Å². The number of carbonyl (C=O) groups is 1. The van der Waals surface area contributed by atoms with Crippen molar-refractivity contribution < 1.29 is 14.3 Å². The highest BCUT2D eigenvalue weighted by atomic mass is 19.1. The van der Waals surface area contributed by atoms with Gasteiger partial charge in [-0.05, 0) is 26.8 Å². The summed E-state index contributed by atoms with van der Waals surface area (Å²) in [5, 5.41) is 36.3. The van der Waals surface area contributed by atoms with E-state index < -0.39 is 17.7 Å². The largest absolute Gasteiger partial charge is 0.387 e. The molecule has 1 amide bonds. The number of halogens is 1. The molecule has 4 N–H and O–H groups in total. The summed E-state index contributed by atoms with van der Waals surface area (Å²) in [6.45, 7) is 4.11. The van der Waals surface area contributed by atoms with Crippen molar-refractivity contribution in [1.82, 2.24) is 35.3 Å². The molecule has 11 nitrogen and oxygen atoms in total. The molecule has 0 saturated carbocycles. The Labute approximate surface area is 193 Å². The van der Waals surface area contributed by atoms with E-state index in [9.17, 15) is 14.3 Å². The smallest absolute Gasteiger partial charge is 0.255 e. The lowest BCUT2D eigenvalue weighted by atomic mass is 10.0. The van der Waals surface area contributed by atoms with Crippen LogP contribution in [0.5, 0.6) is 0 Å². The zero-order valence-electron chi connectivity index (χ0n) is 18.7. The van der Waals surface area contributed by atoms with Crippen LogP contribution in [0.4, 0.5) is 15.9 Å². The number of aromatic nitrogens is 6. The number of rotatable bonds is 7. The molecule has 0 fully saturated rings. The van der Waals surface area contributed by atoms with E-state index in [1.807, 2.05) is 13.0 Å². The number of H-pyrrole nitrogens is 1. The van der Waals surface area contributed by atoms with Crippen LogP contribution in [0.25, 0.3) is 16.9 Å². The van der Waals surface area contributed by atoms with Crippen LogP contribution in [0.15, 0.2) is 36.8 Å². The molecule has 174 valence electrons. The first-order chi connectivity index (χ1) is 16.2. The van der Waals surface area contributed by atoms with E-state index in [1.165, 1.54) is 30.9 Å². The zero-order valence-corrected chi connectivity index (χ0v) is 18.7. The van der Waals surface area contributed by atoms with Crippen LogP contribution in [-0.2, 0) is 0 Å². The van der Waals surface area contributed by atoms with Crippen molar-refractivity contribution in [2.45, 2.75) is 32.5 Å². The average Bonchev–Trinajstić information content (AvgIpc) is 3.41. The van der Waals surface area contributed by atoms with Gasteiger partial charge in [-0.15, -0.1) is 0 Å². The normalized spacial score (nSPS) is 12.4. The summed E-state index contributed by atoms with van der Waals surface area (Å²) in [4.78, 5) is 21.5. The van der Waals surface area contributed by atoms with Gasteiger partial charge in [0.25, 0.3) is 5.91 Å². The van der Waals surface area contributed by atoms with Gasteiger partial charge in [-0.1, -0.05) is 0 Å². The van der Waals surface area contributed by atoms with Gasteiger partial charge in [0.2, 0.25) is 0 Å². The van der Waals surface area contributed by atoms with Gasteiger partial charge >= 0.3 is 0 Å². The van der Waals surface area contributed by atoms with Gasteiger partial charge in [0.1, 0.15) is 12.2 Å². The molecule has 4 heterocycles. The van der Waals surface area contributed by atoms with E-state index in [0.29, 0.717) is 33.9 Å². The fraction of sp³-hybridized carbons (Fsp3) is 0.273. The third kappa shape index (κ3) is 4.69. The highest BCUT2D eigenvalue weighted by Crippen LogP contribution is 2.24. The van der Waals surface area contributed by atoms with Gasteiger partial charge in [0.05, 0.1) is 35.2 Å². The molecule has 4 aromatic rings. The number of nitrogens with one attached hydrogen (secondary N) is 3. The third-order valence-electron chi connectivity index (χ3n) is 5.07. The summed E-state index contributed by atoms with van der Waals surface area (Å²) >= 11 is 0. The van der Waals surface area contributed by atoms with Crippen LogP contribution >= 0.6 is 0 Å². The maximum Gasteiger partial charge on any atom is 0.255 e. The minimum Gasteiger partial charge on any atom is -0.387 e. The summed E-state index contributed by atoms with van der Waals surface area (Å²) in [6, 6.07) is 7.04. The summed E-state index contributed by atoms with van der Waals surface area (Å²) in [5.74, 6) is 0.242. The van der Waals surface area contributed by atoms with E-state index in [-0.39, 0.29) is 12.1 Å². The van der Waals surface area contributed by atoms with Crippen molar-refractivity contribution in [3.05, 3.63) is 53.6 Å². The lowest BCUT2D eigenvalue weighted by Gasteiger charge is -2.22. The molecule has 0 aliphatic heterocycles. The number of pyridine rings is 2. The van der Waals surface area contributed by atoms with Crippen molar-refractivity contribution in [2.24, 2.45) is 0 Å². The lowest BCUT2D eigenvalue weighted by molar-refractivity contribution is -0.00177. The molecule has 0 saturated heterocycles. The molecule has 4 aromatic heterocycles. The van der Waals surface area contributed by atoms with Crippen LogP contribution in [0, 0.1) is 18.3 Å². The molecule has 0 radical (unpaired) electrons. The number of anilines is 2. The molecule has 0 spiro atoms. The zero-order chi connectivity index (χ0) is 24.5. The first-order valence-electron chi connectivity index (χ1n) is 10.3. The van der Waals surface area contributed by atoms with Gasteiger partial charge in [-0.3, -0.25) is 9.89 Å². The third-order valence-corrected chi connectivity index (χ3v) is 5.07. The van der Waals surface area contributed by atoms with Crippen LogP contribution in [0.1, 0.15) is 35.5 Å². The number of nitriles is 1. The second-order valence-corrected chi connectivity index (χ2v) is 8.29. The van der Waals surface area contributed by atoms with E-state index in [4.69, 9.17) is 5.26 Å². The van der Waals surface area contributed by atoms with Gasteiger partial charge in [0.15, 0.2) is 17.3 Å². The minimum absolute atomic E-state index is 0.142. The summed E-state index contributed by atoms with van der Waals surface area (Å²) < 4.78 is 15.6. The van der Waals surface area contributed by atoms with Crippen molar-refractivity contribution in [3.63, 3.8) is 0 Å². The average molecular weight is 463 g/mol. The highest BCUT2D eigenvalue weighted by molar-refractivity contribution is 6.00. The Balaban J connectivity index is 1.70. The van der Waals surface area contributed by atoms with Crippen molar-refractivity contribution in [2.75, 3.05) is 11.9 Å². The molecule has 0 aliphatic rings. The van der Waals surface area contributed by atoms with Gasteiger partial charge in [-0.2, -0.15) is 20.1 Å². The number of fused-ring (bicyclic) bond motifs is 1. The fourth-order valence-corrected chi connectivity index (χ4v) is 3.14. The predicted molar refractivity (Wildman–Crippen MR) is 122 cm³/mol. The second-order valence-electron chi connectivity index (χ2n) is 8.29. The van der Waals surface area contributed by atoms with E-state index >= 15 is 0 Å². The predicted octanol–water partition coefficient (Wildman–Crippen LogP) is 2.30. The number of hydrogen-bond donors (Lipinski definition) is 4. The molecule has 1 atom stereocenters. The first-order valence-corrected chi connectivity index (χ1v) is 10.3. The quantitative estimate of drug-likeness (QED) is 0.325. The van der Waals surface area contributed by atoms with Crippen LogP contribution < -0.4 is 10.6 Å². The molecule has 0 aromatic carbocycles. The number of carbonyl (C=O) groups excluding carboxylic acids is 1. The first kappa shape index (κ1) is 22.8. The molecule has 0 bridgehead atoms. The van der Waals surface area contributed by atoms with E-state index in [1.54, 1.807) is 24.4 Å². The Morgan fingerprint density at radius 1 is 1.29 bits per heavy atom. The Hall–Kier alpha value is -4.37. The van der Waals surface area contributed by atoms with Crippen molar-refractivity contribution in [3.8, 4) is 11.9 Å². The monoisotopic (exact) mass is 463 g/mol. The van der Waals surface area contributed by atoms with Crippen molar-refractivity contribution >= 4 is 28.4 Å². The number of amides is 1. The summed E-state index contributed by atoms with van der Waals surface area (Å²) in [5.41, 5.74) is 0.594.